The standard InChI is InChI=1S/C13H12IN3O3S/c14-11-5-8(7-21-11)13(18)16-9-3-1-2-4-10(9)20-6-12(15)17-19/h1-5,7,19H,6H2,(H2,15,17)(H,16,18). The third kappa shape index (κ3) is 4.33. The van der Waals surface area contributed by atoms with Crippen LogP contribution in [-0.2, 0) is 0 Å². The van der Waals surface area contributed by atoms with Crippen LogP contribution in [0.5, 0.6) is 5.75 Å². The average molecular weight is 417 g/mol. The molecule has 4 N–H and O–H groups in total. The second-order valence-electron chi connectivity index (χ2n) is 3.97. The Balaban J connectivity index is 2.11. The molecule has 6 nitrogen and oxygen atoms in total. The van der Waals surface area contributed by atoms with Gasteiger partial charge in [-0.2, -0.15) is 0 Å². The molecule has 0 radical (unpaired) electrons. The number of hydrogen-bond donors (Lipinski definition) is 3. The van der Waals surface area contributed by atoms with Gasteiger partial charge in [-0.1, -0.05) is 17.3 Å². The number of carbonyl (C=O) groups is 1. The van der Waals surface area contributed by atoms with Gasteiger partial charge in [-0.3, -0.25) is 4.79 Å². The van der Waals surface area contributed by atoms with Gasteiger partial charge >= 0.3 is 0 Å². The predicted molar refractivity (Wildman–Crippen MR) is 90.3 cm³/mol. The van der Waals surface area contributed by atoms with Crippen molar-refractivity contribution in [2.75, 3.05) is 11.9 Å². The molecule has 8 heteroatoms. The summed E-state index contributed by atoms with van der Waals surface area (Å²) in [5.41, 5.74) is 6.47. The first kappa shape index (κ1) is 15.6. The fourth-order valence-corrected chi connectivity index (χ4v) is 2.83. The Morgan fingerprint density at radius 1 is 1.48 bits per heavy atom. The van der Waals surface area contributed by atoms with E-state index < -0.39 is 0 Å². The average Bonchev–Trinajstić information content (AvgIpc) is 2.92. The highest BCUT2D eigenvalue weighted by Crippen LogP contribution is 2.25. The quantitative estimate of drug-likeness (QED) is 0.229. The number of carbonyl (C=O) groups excluding carboxylic acids is 1. The fraction of sp³-hybridized carbons (Fsp3) is 0.0769. The lowest BCUT2D eigenvalue weighted by atomic mass is 10.2. The van der Waals surface area contributed by atoms with Crippen LogP contribution >= 0.6 is 33.9 Å². The molecule has 0 bridgehead atoms. The molecule has 110 valence electrons. The monoisotopic (exact) mass is 417 g/mol. The van der Waals surface area contributed by atoms with Crippen LogP contribution < -0.4 is 15.8 Å². The lowest BCUT2D eigenvalue weighted by Crippen LogP contribution is -2.21. The fourth-order valence-electron chi connectivity index (χ4n) is 1.50. The van der Waals surface area contributed by atoms with E-state index in [0.717, 1.165) is 2.88 Å². The first-order chi connectivity index (χ1) is 10.1. The van der Waals surface area contributed by atoms with Crippen LogP contribution in [0.15, 0.2) is 40.9 Å². The van der Waals surface area contributed by atoms with Gasteiger partial charge in [-0.25, -0.2) is 0 Å². The van der Waals surface area contributed by atoms with E-state index in [1.807, 2.05) is 0 Å². The topological polar surface area (TPSA) is 96.9 Å². The third-order valence-electron chi connectivity index (χ3n) is 2.47. The first-order valence-electron chi connectivity index (χ1n) is 5.83. The van der Waals surface area contributed by atoms with Crippen LogP contribution in [0.3, 0.4) is 0 Å². The number of nitrogens with two attached hydrogens (primary N) is 1. The summed E-state index contributed by atoms with van der Waals surface area (Å²) in [6.45, 7) is -0.0697. The Hall–Kier alpha value is -1.81. The van der Waals surface area contributed by atoms with Crippen LogP contribution in [0.25, 0.3) is 0 Å². The van der Waals surface area contributed by atoms with Gasteiger partial charge in [-0.15, -0.1) is 11.3 Å². The van der Waals surface area contributed by atoms with E-state index in [2.05, 4.69) is 33.1 Å². The Bertz CT molecular complexity index is 672. The Morgan fingerprint density at radius 2 is 2.24 bits per heavy atom. The van der Waals surface area contributed by atoms with Gasteiger partial charge < -0.3 is 21.0 Å². The van der Waals surface area contributed by atoms with E-state index in [4.69, 9.17) is 15.7 Å². The van der Waals surface area contributed by atoms with E-state index in [1.54, 1.807) is 35.7 Å². The Morgan fingerprint density at radius 3 is 2.90 bits per heavy atom. The van der Waals surface area contributed by atoms with Crippen molar-refractivity contribution in [2.24, 2.45) is 10.9 Å². The van der Waals surface area contributed by atoms with Crippen LogP contribution in [0.1, 0.15) is 10.4 Å². The van der Waals surface area contributed by atoms with Gasteiger partial charge in [0.1, 0.15) is 12.4 Å². The zero-order chi connectivity index (χ0) is 15.2. The number of rotatable bonds is 5. The number of benzene rings is 1. The van der Waals surface area contributed by atoms with Gasteiger partial charge in [0, 0.05) is 5.38 Å². The Kier molecular flexibility index (Phi) is 5.39. The second kappa shape index (κ2) is 7.27. The summed E-state index contributed by atoms with van der Waals surface area (Å²) in [5.74, 6) is 0.180. The summed E-state index contributed by atoms with van der Waals surface area (Å²) < 4.78 is 6.44. The highest BCUT2D eigenvalue weighted by molar-refractivity contribution is 14.1. The number of hydrogen-bond acceptors (Lipinski definition) is 5. The Labute approximate surface area is 138 Å². The molecule has 0 aliphatic rings. The van der Waals surface area contributed by atoms with E-state index in [1.165, 1.54) is 11.3 Å². The van der Waals surface area contributed by atoms with Crippen molar-refractivity contribution < 1.29 is 14.7 Å². The van der Waals surface area contributed by atoms with Crippen molar-refractivity contribution in [3.8, 4) is 5.75 Å². The molecule has 0 fully saturated rings. The number of amidine groups is 1. The predicted octanol–water partition coefficient (Wildman–Crippen LogP) is 2.73. The summed E-state index contributed by atoms with van der Waals surface area (Å²) in [4.78, 5) is 12.1. The summed E-state index contributed by atoms with van der Waals surface area (Å²) in [5, 5.41) is 15.9. The van der Waals surface area contributed by atoms with E-state index in [0.29, 0.717) is 17.0 Å². The zero-order valence-electron chi connectivity index (χ0n) is 10.7. The molecular weight excluding hydrogens is 405 g/mol. The van der Waals surface area contributed by atoms with Crippen molar-refractivity contribution >= 4 is 51.4 Å². The summed E-state index contributed by atoms with van der Waals surface area (Å²) >= 11 is 3.66. The zero-order valence-corrected chi connectivity index (χ0v) is 13.7. The molecule has 0 aliphatic heterocycles. The molecule has 0 aliphatic carbocycles. The molecule has 0 atom stereocenters. The highest BCUT2D eigenvalue weighted by Gasteiger charge is 2.11. The van der Waals surface area contributed by atoms with Crippen LogP contribution in [-0.4, -0.2) is 23.6 Å². The maximum absolute atomic E-state index is 12.1. The van der Waals surface area contributed by atoms with Gasteiger partial charge in [-0.05, 0) is 40.8 Å². The van der Waals surface area contributed by atoms with Crippen LogP contribution in [0.2, 0.25) is 0 Å². The molecule has 1 aromatic heterocycles. The number of anilines is 1. The number of halogens is 1. The third-order valence-corrected chi connectivity index (χ3v) is 4.26. The number of nitrogens with one attached hydrogen (secondary N) is 1. The number of nitrogens with zero attached hydrogens (tertiary/aromatic N) is 1. The molecule has 0 unspecified atom stereocenters. The maximum Gasteiger partial charge on any atom is 0.256 e. The highest BCUT2D eigenvalue weighted by atomic mass is 127. The number of oxime groups is 1. The van der Waals surface area contributed by atoms with Gasteiger partial charge in [0.05, 0.1) is 14.1 Å². The van der Waals surface area contributed by atoms with Gasteiger partial charge in [0.15, 0.2) is 5.84 Å². The summed E-state index contributed by atoms with van der Waals surface area (Å²) in [6, 6.07) is 8.77. The molecular formula is C13H12IN3O3S. The summed E-state index contributed by atoms with van der Waals surface area (Å²) in [7, 11) is 0. The molecule has 0 saturated carbocycles. The maximum atomic E-state index is 12.1. The minimum absolute atomic E-state index is 0.0523. The number of para-hydroxylation sites is 2. The first-order valence-corrected chi connectivity index (χ1v) is 7.79. The van der Waals surface area contributed by atoms with Gasteiger partial charge in [0.2, 0.25) is 0 Å². The van der Waals surface area contributed by atoms with Crippen LogP contribution in [0.4, 0.5) is 5.69 Å². The smallest absolute Gasteiger partial charge is 0.256 e. The van der Waals surface area contributed by atoms with Crippen molar-refractivity contribution in [1.82, 2.24) is 0 Å². The second-order valence-corrected chi connectivity index (χ2v) is 6.78. The minimum Gasteiger partial charge on any atom is -0.483 e. The van der Waals surface area contributed by atoms with Gasteiger partial charge in [0.25, 0.3) is 5.91 Å². The normalized spacial score (nSPS) is 11.2. The van der Waals surface area contributed by atoms with Crippen molar-refractivity contribution in [3.05, 3.63) is 44.2 Å². The molecule has 0 saturated heterocycles. The largest absolute Gasteiger partial charge is 0.483 e. The van der Waals surface area contributed by atoms with Crippen LogP contribution in [0, 0.1) is 2.88 Å². The molecule has 1 heterocycles. The molecule has 21 heavy (non-hydrogen) atoms. The molecule has 1 aromatic carbocycles. The van der Waals surface area contributed by atoms with Crippen molar-refractivity contribution in [3.63, 3.8) is 0 Å². The minimum atomic E-state index is -0.214. The van der Waals surface area contributed by atoms with E-state index >= 15 is 0 Å². The molecule has 2 rings (SSSR count). The lowest BCUT2D eigenvalue weighted by Gasteiger charge is -2.11. The molecule has 1 amide bonds. The lowest BCUT2D eigenvalue weighted by molar-refractivity contribution is 0.102. The van der Waals surface area contributed by atoms with Crippen molar-refractivity contribution in [2.45, 2.75) is 0 Å². The van der Waals surface area contributed by atoms with Crippen molar-refractivity contribution in [1.29, 1.82) is 0 Å². The summed E-state index contributed by atoms with van der Waals surface area (Å²) in [6.07, 6.45) is 0. The number of amides is 1. The number of ether oxygens (including phenoxy) is 1. The molecule has 2 aromatic rings. The number of thiophene rings is 1. The SMILES string of the molecule is NC(COc1ccccc1NC(=O)c1csc(I)c1)=NO. The van der Waals surface area contributed by atoms with E-state index in [-0.39, 0.29) is 18.3 Å². The van der Waals surface area contributed by atoms with E-state index in [9.17, 15) is 4.79 Å². The molecule has 0 spiro atoms.